The van der Waals surface area contributed by atoms with Crippen molar-refractivity contribution >= 4 is 23.3 Å². The number of rotatable bonds is 4. The van der Waals surface area contributed by atoms with Crippen LogP contribution in [0.3, 0.4) is 0 Å². The Kier molecular flexibility index (Phi) is 4.11. The van der Waals surface area contributed by atoms with Crippen LogP contribution in [-0.4, -0.2) is 38.5 Å². The molecule has 2 unspecified atom stereocenters. The second kappa shape index (κ2) is 6.91. The number of aliphatic imine (C=N–C) groups is 1. The van der Waals surface area contributed by atoms with E-state index in [1.54, 1.807) is 6.07 Å². The minimum atomic E-state index is -0.843. The molecule has 0 spiro atoms. The molecule has 8 nitrogen and oxygen atoms in total. The largest absolute Gasteiger partial charge is 0.368 e. The quantitative estimate of drug-likeness (QED) is 0.625. The molecule has 162 valence electrons. The molecule has 0 radical (unpaired) electrons. The molecule has 1 aromatic carbocycles. The fraction of sp³-hybridized carbons (Fsp3) is 0.318. The van der Waals surface area contributed by atoms with Crippen molar-refractivity contribution in [3.8, 4) is 0 Å². The molecular weight excluding hydrogens is 418 g/mol. The number of hydrogen-bond donors (Lipinski definition) is 0. The smallest absolute Gasteiger partial charge is 0.263 e. The Hall–Kier alpha value is -3.69. The van der Waals surface area contributed by atoms with Crippen LogP contribution in [0, 0.1) is 17.6 Å². The van der Waals surface area contributed by atoms with Crippen LogP contribution in [0.1, 0.15) is 36.0 Å². The number of benzene rings is 1. The van der Waals surface area contributed by atoms with Gasteiger partial charge >= 0.3 is 0 Å². The molecule has 2 fully saturated rings. The summed E-state index contributed by atoms with van der Waals surface area (Å²) in [6, 6.07) is 4.24. The zero-order valence-corrected chi connectivity index (χ0v) is 16.9. The van der Waals surface area contributed by atoms with E-state index in [2.05, 4.69) is 31.6 Å². The Balaban J connectivity index is 1.18. The van der Waals surface area contributed by atoms with Crippen LogP contribution in [0.4, 0.5) is 20.3 Å². The molecule has 0 amide bonds. The summed E-state index contributed by atoms with van der Waals surface area (Å²) >= 11 is 0. The molecule has 4 heterocycles. The minimum Gasteiger partial charge on any atom is -0.368 e. The van der Waals surface area contributed by atoms with Crippen molar-refractivity contribution < 1.29 is 13.3 Å². The van der Waals surface area contributed by atoms with Crippen molar-refractivity contribution in [2.75, 3.05) is 11.4 Å². The molecule has 1 saturated carbocycles. The van der Waals surface area contributed by atoms with Gasteiger partial charge in [0.1, 0.15) is 12.9 Å². The zero-order valence-electron chi connectivity index (χ0n) is 16.9. The molecule has 32 heavy (non-hydrogen) atoms. The molecule has 2 bridgehead atoms. The van der Waals surface area contributed by atoms with Crippen LogP contribution < -0.4 is 10.5 Å². The minimum absolute atomic E-state index is 0.112. The van der Waals surface area contributed by atoms with E-state index in [1.807, 2.05) is 0 Å². The van der Waals surface area contributed by atoms with Gasteiger partial charge < -0.3 is 9.42 Å². The van der Waals surface area contributed by atoms with E-state index in [1.165, 1.54) is 23.2 Å². The lowest BCUT2D eigenvalue weighted by Gasteiger charge is -2.32. The van der Waals surface area contributed by atoms with E-state index >= 15 is 0 Å². The van der Waals surface area contributed by atoms with Gasteiger partial charge in [-0.2, -0.15) is 4.98 Å². The topological polar surface area (TPSA) is 89.4 Å². The number of piperidine rings is 1. The highest BCUT2D eigenvalue weighted by Crippen LogP contribution is 2.48. The van der Waals surface area contributed by atoms with Gasteiger partial charge in [-0.05, 0) is 30.9 Å². The van der Waals surface area contributed by atoms with E-state index in [0.29, 0.717) is 40.3 Å². The fourth-order valence-corrected chi connectivity index (χ4v) is 5.05. The van der Waals surface area contributed by atoms with Gasteiger partial charge in [-0.3, -0.25) is 9.36 Å². The first-order valence-corrected chi connectivity index (χ1v) is 10.3. The molecule has 3 aromatic rings. The van der Waals surface area contributed by atoms with Crippen LogP contribution in [0.2, 0.25) is 0 Å². The summed E-state index contributed by atoms with van der Waals surface area (Å²) in [7, 11) is 0. The van der Waals surface area contributed by atoms with Gasteiger partial charge in [0.25, 0.3) is 5.56 Å². The number of hydrogen-bond acceptors (Lipinski definition) is 7. The van der Waals surface area contributed by atoms with Gasteiger partial charge in [0.05, 0.1) is 5.56 Å². The Labute approximate surface area is 180 Å². The third-order valence-corrected chi connectivity index (χ3v) is 6.58. The van der Waals surface area contributed by atoms with Crippen LogP contribution >= 0.6 is 0 Å². The van der Waals surface area contributed by atoms with Crippen LogP contribution in [0.25, 0.3) is 5.57 Å². The summed E-state index contributed by atoms with van der Waals surface area (Å²) in [6.45, 7) is 4.66. The summed E-state index contributed by atoms with van der Waals surface area (Å²) in [4.78, 5) is 27.6. The molecule has 0 N–H and O–H groups in total. The molecule has 1 aliphatic carbocycles. The Bertz CT molecular complexity index is 1350. The van der Waals surface area contributed by atoms with Crippen LogP contribution in [0.15, 0.2) is 45.4 Å². The first kappa shape index (κ1) is 19.0. The number of anilines is 1. The van der Waals surface area contributed by atoms with Crippen LogP contribution in [0.5, 0.6) is 0 Å². The van der Waals surface area contributed by atoms with E-state index in [4.69, 9.17) is 4.52 Å². The van der Waals surface area contributed by atoms with E-state index in [9.17, 15) is 13.6 Å². The van der Waals surface area contributed by atoms with Crippen LogP contribution in [-0.2, 0) is 6.54 Å². The van der Waals surface area contributed by atoms with Gasteiger partial charge in [-0.25, -0.2) is 18.8 Å². The molecule has 2 aliphatic heterocycles. The maximum absolute atomic E-state index is 13.6. The van der Waals surface area contributed by atoms with Gasteiger partial charge in [-0.1, -0.05) is 11.7 Å². The maximum atomic E-state index is 13.6. The van der Waals surface area contributed by atoms with Gasteiger partial charge in [-0.15, -0.1) is 0 Å². The molecule has 1 saturated heterocycles. The number of aromatic nitrogens is 4. The van der Waals surface area contributed by atoms with Crippen molar-refractivity contribution in [1.29, 1.82) is 0 Å². The van der Waals surface area contributed by atoms with Gasteiger partial charge in [0.2, 0.25) is 5.89 Å². The number of allylic oxidation sites excluding steroid dienone is 1. The second-order valence-corrected chi connectivity index (χ2v) is 8.45. The third kappa shape index (κ3) is 2.89. The fourth-order valence-electron chi connectivity index (χ4n) is 5.05. The molecule has 2 aromatic heterocycles. The second-order valence-electron chi connectivity index (χ2n) is 8.45. The Morgan fingerprint density at radius 2 is 2.09 bits per heavy atom. The van der Waals surface area contributed by atoms with Crippen molar-refractivity contribution in [3.63, 3.8) is 0 Å². The highest BCUT2D eigenvalue weighted by molar-refractivity contribution is 6.14. The monoisotopic (exact) mass is 436 g/mol. The molecule has 6 rings (SSSR count). The van der Waals surface area contributed by atoms with Crippen molar-refractivity contribution in [2.24, 2.45) is 10.9 Å². The standard InChI is InChI=1S/C22H18F2N6O2/c1-11-7-25-21-19(11)22(31)29(10-26-21)9-18-27-20(28-32-18)15-5-14-4-12(15)8-30(14)13-2-3-16(23)17(24)6-13/h2-3,6-7,10,12,14-15H,1,4-5,8-9H2/t12-,14?,15?/m0/s1. The molecule has 3 atom stereocenters. The summed E-state index contributed by atoms with van der Waals surface area (Å²) in [5, 5.41) is 4.16. The lowest BCUT2D eigenvalue weighted by atomic mass is 9.93. The van der Waals surface area contributed by atoms with Gasteiger partial charge in [0, 0.05) is 42.0 Å². The summed E-state index contributed by atoms with van der Waals surface area (Å²) in [5.74, 6) is 0.0578. The highest BCUT2D eigenvalue weighted by atomic mass is 19.2. The first-order chi connectivity index (χ1) is 15.5. The number of nitrogens with zero attached hydrogens (tertiary/aromatic N) is 6. The van der Waals surface area contributed by atoms with Crippen molar-refractivity contribution in [3.05, 3.63) is 70.4 Å². The average Bonchev–Trinajstić information content (AvgIpc) is 3.56. The van der Waals surface area contributed by atoms with E-state index < -0.39 is 11.6 Å². The SMILES string of the molecule is C=C1C=Nc2ncn(Cc3nc(C4CC5C[C@H]4CN5c4ccc(F)c(F)c4)no3)c(=O)c21. The predicted molar refractivity (Wildman–Crippen MR) is 112 cm³/mol. The Morgan fingerprint density at radius 3 is 2.88 bits per heavy atom. The maximum Gasteiger partial charge on any atom is 0.263 e. The molecule has 10 heteroatoms. The molecular formula is C22H18F2N6O2. The van der Waals surface area contributed by atoms with Crippen molar-refractivity contribution in [1.82, 2.24) is 19.7 Å². The molecule has 3 aliphatic rings. The Morgan fingerprint density at radius 1 is 1.22 bits per heavy atom. The summed E-state index contributed by atoms with van der Waals surface area (Å²) < 4.78 is 33.7. The predicted octanol–water partition coefficient (Wildman–Crippen LogP) is 3.06. The van der Waals surface area contributed by atoms with E-state index in [0.717, 1.165) is 25.5 Å². The first-order valence-electron chi connectivity index (χ1n) is 10.3. The highest BCUT2D eigenvalue weighted by Gasteiger charge is 2.47. The summed E-state index contributed by atoms with van der Waals surface area (Å²) in [5.41, 5.74) is 1.36. The van der Waals surface area contributed by atoms with Crippen molar-refractivity contribution in [2.45, 2.75) is 31.3 Å². The number of fused-ring (bicyclic) bond motifs is 3. The summed E-state index contributed by atoms with van der Waals surface area (Å²) in [6.07, 6.45) is 4.68. The number of halogens is 2. The third-order valence-electron chi connectivity index (χ3n) is 6.58. The normalized spacial score (nSPS) is 23.4. The van der Waals surface area contributed by atoms with E-state index in [-0.39, 0.29) is 24.1 Å². The average molecular weight is 436 g/mol. The zero-order chi connectivity index (χ0) is 22.0. The lowest BCUT2D eigenvalue weighted by Crippen LogP contribution is -2.35. The van der Waals surface area contributed by atoms with Gasteiger partial charge in [0.15, 0.2) is 23.3 Å². The lowest BCUT2D eigenvalue weighted by molar-refractivity contribution is 0.353.